The quantitative estimate of drug-likeness (QED) is 0.126. The number of carbonyl (C=O) groups is 4. The second kappa shape index (κ2) is 12.4. The molecular formula is C16H27N5O7. The largest absolute Gasteiger partial charge is 0.481 e. The van der Waals surface area contributed by atoms with Crippen LogP contribution in [0.5, 0.6) is 0 Å². The summed E-state index contributed by atoms with van der Waals surface area (Å²) < 4.78 is 5.25. The van der Waals surface area contributed by atoms with Crippen molar-refractivity contribution in [1.82, 2.24) is 10.6 Å². The van der Waals surface area contributed by atoms with Gasteiger partial charge in [0.15, 0.2) is 0 Å². The predicted octanol–water partition coefficient (Wildman–Crippen LogP) is 1.79. The highest BCUT2D eigenvalue weighted by Gasteiger charge is 2.28. The van der Waals surface area contributed by atoms with E-state index in [1.54, 1.807) is 20.8 Å². The molecule has 0 aliphatic carbocycles. The van der Waals surface area contributed by atoms with E-state index in [4.69, 9.17) is 20.5 Å². The van der Waals surface area contributed by atoms with E-state index in [1.807, 2.05) is 0 Å². The fourth-order valence-electron chi connectivity index (χ4n) is 2.08. The molecule has 0 bridgehead atoms. The molecule has 0 aromatic carbocycles. The van der Waals surface area contributed by atoms with Gasteiger partial charge in [-0.15, -0.1) is 0 Å². The molecule has 0 aliphatic heterocycles. The minimum Gasteiger partial charge on any atom is -0.481 e. The summed E-state index contributed by atoms with van der Waals surface area (Å²) in [6.45, 7) is 5.22. The zero-order chi connectivity index (χ0) is 21.7. The zero-order valence-corrected chi connectivity index (χ0v) is 16.2. The van der Waals surface area contributed by atoms with Crippen LogP contribution in [0.1, 0.15) is 52.9 Å². The summed E-state index contributed by atoms with van der Waals surface area (Å²) in [4.78, 5) is 48.8. The van der Waals surface area contributed by atoms with Gasteiger partial charge in [0.05, 0.1) is 0 Å². The minimum absolute atomic E-state index is 0.191. The molecule has 0 unspecified atom stereocenters. The zero-order valence-electron chi connectivity index (χ0n) is 16.2. The molecule has 0 saturated carbocycles. The van der Waals surface area contributed by atoms with Crippen molar-refractivity contribution < 1.29 is 34.1 Å². The highest BCUT2D eigenvalue weighted by atomic mass is 16.6. The Morgan fingerprint density at radius 2 is 1.68 bits per heavy atom. The molecule has 0 spiro atoms. The van der Waals surface area contributed by atoms with Gasteiger partial charge in [-0.25, -0.2) is 14.4 Å². The highest BCUT2D eigenvalue weighted by molar-refractivity contribution is 5.86. The molecule has 2 atom stereocenters. The number of carboxylic acids is 2. The van der Waals surface area contributed by atoms with E-state index < -0.39 is 48.0 Å². The summed E-state index contributed by atoms with van der Waals surface area (Å²) in [7, 11) is 0. The molecule has 4 N–H and O–H groups in total. The number of nitrogens with one attached hydrogen (secondary N) is 2. The average Bonchev–Trinajstić information content (AvgIpc) is 2.55. The van der Waals surface area contributed by atoms with Crippen LogP contribution in [0.3, 0.4) is 0 Å². The summed E-state index contributed by atoms with van der Waals surface area (Å²) in [5.74, 6) is -3.27. The van der Waals surface area contributed by atoms with E-state index in [9.17, 15) is 19.2 Å². The Bertz CT molecular complexity index is 611. The lowest BCUT2D eigenvalue weighted by molar-refractivity contribution is -0.157. The maximum absolute atomic E-state index is 12.3. The van der Waals surface area contributed by atoms with E-state index in [0.29, 0.717) is 12.8 Å². The number of hydrogen-bond donors (Lipinski definition) is 4. The number of amides is 2. The SMILES string of the molecule is CC(C)(C)OC(=O)[C@H](CCCCN=[N+]=[N-])NC(=O)N[C@@H](CCC(=O)O)C(=O)O. The van der Waals surface area contributed by atoms with Crippen molar-refractivity contribution in [2.45, 2.75) is 70.6 Å². The normalized spacial score (nSPS) is 12.8. The molecule has 0 fully saturated rings. The fourth-order valence-corrected chi connectivity index (χ4v) is 2.08. The second-order valence-electron chi connectivity index (χ2n) is 6.98. The van der Waals surface area contributed by atoms with Gasteiger partial charge in [-0.2, -0.15) is 0 Å². The molecule has 2 amide bonds. The van der Waals surface area contributed by atoms with Gasteiger partial charge in [0.25, 0.3) is 0 Å². The molecule has 0 aliphatic rings. The number of hydrogen-bond acceptors (Lipinski definition) is 6. The average molecular weight is 401 g/mol. The Morgan fingerprint density at radius 3 is 2.18 bits per heavy atom. The first-order chi connectivity index (χ1) is 13.0. The number of ether oxygens (including phenoxy) is 1. The molecule has 0 saturated heterocycles. The fraction of sp³-hybridized carbons (Fsp3) is 0.750. The number of rotatable bonds is 12. The van der Waals surface area contributed by atoms with Crippen LogP contribution in [0, 0.1) is 0 Å². The summed E-state index contributed by atoms with van der Waals surface area (Å²) in [5.41, 5.74) is 7.46. The molecule has 28 heavy (non-hydrogen) atoms. The number of carboxylic acid groups (broad SMARTS) is 2. The van der Waals surface area contributed by atoms with E-state index in [-0.39, 0.29) is 19.4 Å². The van der Waals surface area contributed by atoms with Crippen molar-refractivity contribution in [2.24, 2.45) is 5.11 Å². The lowest BCUT2D eigenvalue weighted by atomic mass is 10.1. The summed E-state index contributed by atoms with van der Waals surface area (Å²) in [6, 6.07) is -3.39. The molecule has 12 heteroatoms. The van der Waals surface area contributed by atoms with Gasteiger partial charge in [0, 0.05) is 17.9 Å². The lowest BCUT2D eigenvalue weighted by Crippen LogP contribution is -2.52. The van der Waals surface area contributed by atoms with E-state index in [0.717, 1.165) is 0 Å². The molecular weight excluding hydrogens is 374 g/mol. The number of unbranched alkanes of at least 4 members (excludes halogenated alkanes) is 1. The number of aliphatic carboxylic acids is 2. The van der Waals surface area contributed by atoms with Crippen LogP contribution in [0.4, 0.5) is 4.79 Å². The monoisotopic (exact) mass is 401 g/mol. The van der Waals surface area contributed by atoms with Gasteiger partial charge in [-0.1, -0.05) is 11.5 Å². The summed E-state index contributed by atoms with van der Waals surface area (Å²) in [5, 5.41) is 25.6. The van der Waals surface area contributed by atoms with E-state index >= 15 is 0 Å². The molecule has 158 valence electrons. The number of esters is 1. The van der Waals surface area contributed by atoms with Crippen molar-refractivity contribution in [2.75, 3.05) is 6.54 Å². The van der Waals surface area contributed by atoms with Crippen molar-refractivity contribution in [3.8, 4) is 0 Å². The van der Waals surface area contributed by atoms with Crippen LogP contribution < -0.4 is 10.6 Å². The van der Waals surface area contributed by atoms with Crippen LogP contribution in [0.25, 0.3) is 10.4 Å². The van der Waals surface area contributed by atoms with Gasteiger partial charge in [0.2, 0.25) is 0 Å². The van der Waals surface area contributed by atoms with Crippen LogP contribution in [-0.2, 0) is 19.1 Å². The first kappa shape index (κ1) is 25.0. The standard InChI is InChI=1S/C16H27N5O7/c1-16(2,3)28-14(26)11(6-4-5-9-18-21-17)20-15(27)19-10(13(24)25)7-8-12(22)23/h10-11H,4-9H2,1-3H3,(H,22,23)(H,24,25)(H2,19,20,27)/t10-,11-/m0/s1. The molecule has 0 aromatic heterocycles. The maximum atomic E-state index is 12.3. The summed E-state index contributed by atoms with van der Waals surface area (Å²) in [6.07, 6.45) is 0.386. The topological polar surface area (TPSA) is 191 Å². The third-order valence-electron chi connectivity index (χ3n) is 3.31. The lowest BCUT2D eigenvalue weighted by Gasteiger charge is -2.25. The first-order valence-electron chi connectivity index (χ1n) is 8.71. The smallest absolute Gasteiger partial charge is 0.329 e. The molecule has 0 heterocycles. The first-order valence-corrected chi connectivity index (χ1v) is 8.71. The molecule has 0 radical (unpaired) electrons. The Morgan fingerprint density at radius 1 is 1.07 bits per heavy atom. The molecule has 0 rings (SSSR count). The minimum atomic E-state index is -1.42. The second-order valence-corrected chi connectivity index (χ2v) is 6.98. The van der Waals surface area contributed by atoms with Crippen LogP contribution in [-0.4, -0.2) is 58.4 Å². The van der Waals surface area contributed by atoms with Crippen molar-refractivity contribution in [3.63, 3.8) is 0 Å². The number of azide groups is 1. The van der Waals surface area contributed by atoms with Crippen molar-refractivity contribution in [1.29, 1.82) is 0 Å². The Labute approximate surface area is 162 Å². The van der Waals surface area contributed by atoms with Gasteiger partial charge in [-0.3, -0.25) is 4.79 Å². The number of carbonyl (C=O) groups excluding carboxylic acids is 2. The van der Waals surface area contributed by atoms with E-state index in [2.05, 4.69) is 20.7 Å². The molecule has 0 aromatic rings. The van der Waals surface area contributed by atoms with Crippen LogP contribution >= 0.6 is 0 Å². The Hall–Kier alpha value is -3.01. The van der Waals surface area contributed by atoms with Crippen LogP contribution in [0.15, 0.2) is 5.11 Å². The van der Waals surface area contributed by atoms with Crippen molar-refractivity contribution >= 4 is 23.9 Å². The number of nitrogens with zero attached hydrogens (tertiary/aromatic N) is 3. The third-order valence-corrected chi connectivity index (χ3v) is 3.31. The Balaban J connectivity index is 4.93. The molecule has 12 nitrogen and oxygen atoms in total. The van der Waals surface area contributed by atoms with Gasteiger partial charge < -0.3 is 25.6 Å². The summed E-state index contributed by atoms with van der Waals surface area (Å²) >= 11 is 0. The van der Waals surface area contributed by atoms with Crippen molar-refractivity contribution in [3.05, 3.63) is 10.4 Å². The van der Waals surface area contributed by atoms with E-state index in [1.165, 1.54) is 0 Å². The van der Waals surface area contributed by atoms with Gasteiger partial charge >= 0.3 is 23.9 Å². The van der Waals surface area contributed by atoms with Gasteiger partial charge in [0.1, 0.15) is 17.7 Å². The maximum Gasteiger partial charge on any atom is 0.329 e. The third kappa shape index (κ3) is 12.4. The Kier molecular flexibility index (Phi) is 11.1. The predicted molar refractivity (Wildman–Crippen MR) is 97.5 cm³/mol. The van der Waals surface area contributed by atoms with Crippen LogP contribution in [0.2, 0.25) is 0 Å². The highest BCUT2D eigenvalue weighted by Crippen LogP contribution is 2.12. The van der Waals surface area contributed by atoms with Gasteiger partial charge in [-0.05, 0) is 45.6 Å². The number of urea groups is 1.